The maximum atomic E-state index is 6.08. The molecule has 0 spiro atoms. The average molecular weight is 240 g/mol. The number of hydrogen-bond acceptors (Lipinski definition) is 3. The molecule has 17 heavy (non-hydrogen) atoms. The van der Waals surface area contributed by atoms with Crippen molar-refractivity contribution in [2.24, 2.45) is 17.1 Å². The third kappa shape index (κ3) is 3.43. The summed E-state index contributed by atoms with van der Waals surface area (Å²) >= 11 is 0. The van der Waals surface area contributed by atoms with Gasteiger partial charge >= 0.3 is 0 Å². The summed E-state index contributed by atoms with van der Waals surface area (Å²) in [4.78, 5) is 2.57. The molecule has 3 heteroatoms. The molecule has 1 heterocycles. The van der Waals surface area contributed by atoms with Gasteiger partial charge in [0, 0.05) is 19.6 Å². The average Bonchev–Trinajstić information content (AvgIpc) is 2.33. The molecule has 100 valence electrons. The number of hydrogen-bond donors (Lipinski definition) is 1. The van der Waals surface area contributed by atoms with Crippen LogP contribution in [0.25, 0.3) is 0 Å². The highest BCUT2D eigenvalue weighted by Gasteiger charge is 2.35. The molecule has 2 rings (SSSR count). The Labute approximate surface area is 106 Å². The van der Waals surface area contributed by atoms with Gasteiger partial charge in [0.25, 0.3) is 0 Å². The van der Waals surface area contributed by atoms with Crippen LogP contribution in [-0.2, 0) is 4.74 Å². The predicted molar refractivity (Wildman–Crippen MR) is 71.0 cm³/mol. The van der Waals surface area contributed by atoms with Crippen molar-refractivity contribution in [1.82, 2.24) is 4.90 Å². The molecule has 2 fully saturated rings. The summed E-state index contributed by atoms with van der Waals surface area (Å²) in [5.41, 5.74) is 6.47. The molecular formula is C14H28N2O. The summed E-state index contributed by atoms with van der Waals surface area (Å²) in [6.07, 6.45) is 5.74. The molecule has 0 aromatic carbocycles. The lowest BCUT2D eigenvalue weighted by Gasteiger charge is -2.43. The van der Waals surface area contributed by atoms with Crippen LogP contribution in [0.1, 0.15) is 39.5 Å². The second-order valence-corrected chi connectivity index (χ2v) is 6.30. The van der Waals surface area contributed by atoms with E-state index in [1.807, 2.05) is 0 Å². The lowest BCUT2D eigenvalue weighted by Crippen LogP contribution is -2.50. The summed E-state index contributed by atoms with van der Waals surface area (Å²) in [7, 11) is 0. The molecule has 1 aliphatic carbocycles. The van der Waals surface area contributed by atoms with Gasteiger partial charge in [0.05, 0.1) is 12.7 Å². The summed E-state index contributed by atoms with van der Waals surface area (Å²) in [5, 5.41) is 0. The standard InChI is InChI=1S/C14H28N2O/c1-12-3-5-14(10-15,6-4-12)11-16-7-8-17-13(2)9-16/h12-13H,3-11,15H2,1-2H3. The Kier molecular flexibility index (Phi) is 4.45. The Bertz CT molecular complexity index is 236. The fourth-order valence-electron chi connectivity index (χ4n) is 3.31. The van der Waals surface area contributed by atoms with E-state index in [1.54, 1.807) is 0 Å². The molecule has 0 bridgehead atoms. The first kappa shape index (κ1) is 13.3. The summed E-state index contributed by atoms with van der Waals surface area (Å²) in [6, 6.07) is 0. The number of ether oxygens (including phenoxy) is 1. The van der Waals surface area contributed by atoms with Crippen LogP contribution in [-0.4, -0.2) is 43.8 Å². The topological polar surface area (TPSA) is 38.5 Å². The largest absolute Gasteiger partial charge is 0.376 e. The SMILES string of the molecule is CC1CCC(CN)(CN2CCOC(C)C2)CC1. The zero-order valence-corrected chi connectivity index (χ0v) is 11.5. The quantitative estimate of drug-likeness (QED) is 0.818. The van der Waals surface area contributed by atoms with Gasteiger partial charge in [0.1, 0.15) is 0 Å². The summed E-state index contributed by atoms with van der Waals surface area (Å²) < 4.78 is 5.61. The van der Waals surface area contributed by atoms with E-state index in [1.165, 1.54) is 32.2 Å². The van der Waals surface area contributed by atoms with E-state index in [0.717, 1.165) is 32.2 Å². The Morgan fingerprint density at radius 3 is 2.59 bits per heavy atom. The highest BCUT2D eigenvalue weighted by molar-refractivity contribution is 4.89. The zero-order chi connectivity index (χ0) is 12.3. The Hall–Kier alpha value is -0.120. The summed E-state index contributed by atoms with van der Waals surface area (Å²) in [5.74, 6) is 0.901. The molecule has 2 N–H and O–H groups in total. The van der Waals surface area contributed by atoms with Gasteiger partial charge in [-0.1, -0.05) is 19.8 Å². The minimum absolute atomic E-state index is 0.390. The van der Waals surface area contributed by atoms with E-state index in [2.05, 4.69) is 18.7 Å². The molecule has 1 saturated carbocycles. The molecule has 3 nitrogen and oxygen atoms in total. The van der Waals surface area contributed by atoms with Crippen molar-refractivity contribution >= 4 is 0 Å². The van der Waals surface area contributed by atoms with Gasteiger partial charge in [0.2, 0.25) is 0 Å². The zero-order valence-electron chi connectivity index (χ0n) is 11.5. The predicted octanol–water partition coefficient (Wildman–Crippen LogP) is 1.86. The minimum Gasteiger partial charge on any atom is -0.376 e. The lowest BCUT2D eigenvalue weighted by atomic mass is 9.70. The van der Waals surface area contributed by atoms with Crippen molar-refractivity contribution in [3.8, 4) is 0 Å². The third-order valence-electron chi connectivity index (χ3n) is 4.65. The van der Waals surface area contributed by atoms with E-state index in [9.17, 15) is 0 Å². The molecule has 0 aromatic rings. The van der Waals surface area contributed by atoms with Gasteiger partial charge in [-0.15, -0.1) is 0 Å². The fourth-order valence-corrected chi connectivity index (χ4v) is 3.31. The Morgan fingerprint density at radius 2 is 2.00 bits per heavy atom. The van der Waals surface area contributed by atoms with Crippen molar-refractivity contribution in [3.63, 3.8) is 0 Å². The first-order chi connectivity index (χ1) is 8.13. The first-order valence-electron chi connectivity index (χ1n) is 7.17. The number of morpholine rings is 1. The van der Waals surface area contributed by atoms with E-state index >= 15 is 0 Å². The maximum absolute atomic E-state index is 6.08. The smallest absolute Gasteiger partial charge is 0.0674 e. The van der Waals surface area contributed by atoms with Crippen molar-refractivity contribution in [1.29, 1.82) is 0 Å². The van der Waals surface area contributed by atoms with Crippen molar-refractivity contribution in [3.05, 3.63) is 0 Å². The highest BCUT2D eigenvalue weighted by Crippen LogP contribution is 2.38. The Morgan fingerprint density at radius 1 is 1.29 bits per heavy atom. The second-order valence-electron chi connectivity index (χ2n) is 6.30. The van der Waals surface area contributed by atoms with Gasteiger partial charge in [-0.05, 0) is 37.6 Å². The molecule has 1 saturated heterocycles. The molecule has 1 atom stereocenters. The monoisotopic (exact) mass is 240 g/mol. The van der Waals surface area contributed by atoms with Gasteiger partial charge < -0.3 is 10.5 Å². The van der Waals surface area contributed by atoms with Crippen LogP contribution in [0.5, 0.6) is 0 Å². The van der Waals surface area contributed by atoms with Crippen molar-refractivity contribution < 1.29 is 4.74 Å². The van der Waals surface area contributed by atoms with Crippen LogP contribution in [0.4, 0.5) is 0 Å². The normalized spacial score (nSPS) is 40.4. The van der Waals surface area contributed by atoms with E-state index in [-0.39, 0.29) is 0 Å². The third-order valence-corrected chi connectivity index (χ3v) is 4.65. The second kappa shape index (κ2) is 5.68. The van der Waals surface area contributed by atoms with Gasteiger partial charge in [-0.3, -0.25) is 4.90 Å². The molecule has 2 aliphatic rings. The first-order valence-corrected chi connectivity index (χ1v) is 7.17. The summed E-state index contributed by atoms with van der Waals surface area (Å²) in [6.45, 7) is 9.63. The van der Waals surface area contributed by atoms with Gasteiger partial charge in [-0.2, -0.15) is 0 Å². The lowest BCUT2D eigenvalue weighted by molar-refractivity contribution is -0.0373. The van der Waals surface area contributed by atoms with Crippen molar-refractivity contribution in [2.45, 2.75) is 45.6 Å². The van der Waals surface area contributed by atoms with Crippen molar-refractivity contribution in [2.75, 3.05) is 32.8 Å². The molecule has 0 radical (unpaired) electrons. The highest BCUT2D eigenvalue weighted by atomic mass is 16.5. The maximum Gasteiger partial charge on any atom is 0.0674 e. The van der Waals surface area contributed by atoms with Gasteiger partial charge in [0.15, 0.2) is 0 Å². The number of nitrogens with two attached hydrogens (primary N) is 1. The van der Waals surface area contributed by atoms with E-state index in [0.29, 0.717) is 11.5 Å². The van der Waals surface area contributed by atoms with Crippen LogP contribution in [0.15, 0.2) is 0 Å². The van der Waals surface area contributed by atoms with Crippen LogP contribution in [0.3, 0.4) is 0 Å². The fraction of sp³-hybridized carbons (Fsp3) is 1.00. The Balaban J connectivity index is 1.90. The number of nitrogens with zero attached hydrogens (tertiary/aromatic N) is 1. The van der Waals surface area contributed by atoms with Crippen LogP contribution >= 0.6 is 0 Å². The van der Waals surface area contributed by atoms with Crippen LogP contribution < -0.4 is 5.73 Å². The molecule has 0 aromatic heterocycles. The van der Waals surface area contributed by atoms with E-state index < -0.39 is 0 Å². The minimum atomic E-state index is 0.390. The molecular weight excluding hydrogens is 212 g/mol. The molecule has 1 aliphatic heterocycles. The molecule has 1 unspecified atom stereocenters. The van der Waals surface area contributed by atoms with Crippen LogP contribution in [0.2, 0.25) is 0 Å². The van der Waals surface area contributed by atoms with Crippen LogP contribution in [0, 0.1) is 11.3 Å². The van der Waals surface area contributed by atoms with Gasteiger partial charge in [-0.25, -0.2) is 0 Å². The molecule has 0 amide bonds. The number of rotatable bonds is 3. The van der Waals surface area contributed by atoms with E-state index in [4.69, 9.17) is 10.5 Å².